The van der Waals surface area contributed by atoms with E-state index >= 15 is 0 Å². The van der Waals surface area contributed by atoms with Crippen LogP contribution in [0.5, 0.6) is 5.75 Å². The van der Waals surface area contributed by atoms with Crippen LogP contribution in [0.3, 0.4) is 0 Å². The second-order valence-corrected chi connectivity index (χ2v) is 6.60. The lowest BCUT2D eigenvalue weighted by atomic mass is 10.1. The first-order chi connectivity index (χ1) is 13.9. The van der Waals surface area contributed by atoms with Crippen molar-refractivity contribution in [2.45, 2.75) is 33.9 Å². The van der Waals surface area contributed by atoms with Crippen LogP contribution in [0.4, 0.5) is 5.69 Å². The Morgan fingerprint density at radius 1 is 1.17 bits per heavy atom. The molecule has 0 fully saturated rings. The Kier molecular flexibility index (Phi) is 6.01. The number of aromatic nitrogens is 2. The van der Waals surface area contributed by atoms with Gasteiger partial charge in [0.2, 0.25) is 0 Å². The molecule has 3 rings (SSSR count). The van der Waals surface area contributed by atoms with E-state index in [4.69, 9.17) is 9.15 Å². The SMILES string of the molecule is CCn1cc(NC(=O)c2ccc(COc3cc(C)ccc3C)o2)c(C(=O)NC)n1. The van der Waals surface area contributed by atoms with Crippen LogP contribution in [0, 0.1) is 13.8 Å². The molecule has 0 aliphatic rings. The molecule has 8 nitrogen and oxygen atoms in total. The van der Waals surface area contributed by atoms with Crippen LogP contribution in [0.2, 0.25) is 0 Å². The number of furan rings is 1. The number of carbonyl (C=O) groups is 2. The van der Waals surface area contributed by atoms with Gasteiger partial charge in [-0.2, -0.15) is 5.10 Å². The summed E-state index contributed by atoms with van der Waals surface area (Å²) in [7, 11) is 1.51. The average molecular weight is 396 g/mol. The van der Waals surface area contributed by atoms with Crippen molar-refractivity contribution in [1.82, 2.24) is 15.1 Å². The molecule has 0 unspecified atom stereocenters. The highest BCUT2D eigenvalue weighted by Gasteiger charge is 2.20. The lowest BCUT2D eigenvalue weighted by molar-refractivity contribution is 0.0958. The zero-order valence-corrected chi connectivity index (χ0v) is 16.9. The lowest BCUT2D eigenvalue weighted by Gasteiger charge is -2.08. The first-order valence-corrected chi connectivity index (χ1v) is 9.31. The number of nitrogens with one attached hydrogen (secondary N) is 2. The third-order valence-electron chi connectivity index (χ3n) is 4.38. The molecule has 0 radical (unpaired) electrons. The highest BCUT2D eigenvalue weighted by atomic mass is 16.5. The monoisotopic (exact) mass is 396 g/mol. The summed E-state index contributed by atoms with van der Waals surface area (Å²) in [4.78, 5) is 24.5. The van der Waals surface area contributed by atoms with Crippen LogP contribution >= 0.6 is 0 Å². The predicted molar refractivity (Wildman–Crippen MR) is 108 cm³/mol. The molecule has 0 spiro atoms. The van der Waals surface area contributed by atoms with Crippen molar-refractivity contribution in [2.24, 2.45) is 0 Å². The first kappa shape index (κ1) is 20.2. The molecule has 29 heavy (non-hydrogen) atoms. The highest BCUT2D eigenvalue weighted by Crippen LogP contribution is 2.21. The molecule has 2 heterocycles. The van der Waals surface area contributed by atoms with Gasteiger partial charge in [-0.25, -0.2) is 0 Å². The van der Waals surface area contributed by atoms with E-state index < -0.39 is 5.91 Å². The fourth-order valence-electron chi connectivity index (χ4n) is 2.73. The Balaban J connectivity index is 1.69. The number of carbonyl (C=O) groups excluding carboxylic acids is 2. The summed E-state index contributed by atoms with van der Waals surface area (Å²) in [5.41, 5.74) is 2.59. The molecule has 0 bridgehead atoms. The maximum absolute atomic E-state index is 12.5. The van der Waals surface area contributed by atoms with E-state index in [1.807, 2.05) is 39.0 Å². The van der Waals surface area contributed by atoms with E-state index in [2.05, 4.69) is 15.7 Å². The van der Waals surface area contributed by atoms with Gasteiger partial charge in [0.1, 0.15) is 18.1 Å². The summed E-state index contributed by atoms with van der Waals surface area (Å²) >= 11 is 0. The minimum Gasteiger partial charge on any atom is -0.485 e. The second-order valence-electron chi connectivity index (χ2n) is 6.60. The molecule has 3 aromatic rings. The van der Waals surface area contributed by atoms with Gasteiger partial charge in [0.25, 0.3) is 11.8 Å². The number of amides is 2. The highest BCUT2D eigenvalue weighted by molar-refractivity contribution is 6.06. The zero-order valence-electron chi connectivity index (χ0n) is 16.9. The summed E-state index contributed by atoms with van der Waals surface area (Å²) in [5.74, 6) is 0.566. The van der Waals surface area contributed by atoms with Gasteiger partial charge < -0.3 is 19.8 Å². The number of ether oxygens (including phenoxy) is 1. The maximum Gasteiger partial charge on any atom is 0.291 e. The third kappa shape index (κ3) is 4.66. The van der Waals surface area contributed by atoms with Gasteiger partial charge >= 0.3 is 0 Å². The minimum absolute atomic E-state index is 0.122. The zero-order chi connectivity index (χ0) is 21.0. The normalized spacial score (nSPS) is 10.6. The largest absolute Gasteiger partial charge is 0.485 e. The molecule has 1 aromatic carbocycles. The van der Waals surface area contributed by atoms with Crippen LogP contribution < -0.4 is 15.4 Å². The lowest BCUT2D eigenvalue weighted by Crippen LogP contribution is -2.21. The smallest absolute Gasteiger partial charge is 0.291 e. The van der Waals surface area contributed by atoms with Crippen molar-refractivity contribution in [1.29, 1.82) is 0 Å². The van der Waals surface area contributed by atoms with Gasteiger partial charge in [-0.1, -0.05) is 12.1 Å². The fraction of sp³-hybridized carbons (Fsp3) is 0.286. The van der Waals surface area contributed by atoms with E-state index in [9.17, 15) is 9.59 Å². The molecule has 152 valence electrons. The number of aryl methyl sites for hydroxylation is 3. The fourth-order valence-corrected chi connectivity index (χ4v) is 2.73. The predicted octanol–water partition coefficient (Wildman–Crippen LogP) is 3.30. The van der Waals surface area contributed by atoms with Crippen molar-refractivity contribution in [2.75, 3.05) is 12.4 Å². The minimum atomic E-state index is -0.469. The summed E-state index contributed by atoms with van der Waals surface area (Å²) in [6.45, 7) is 6.63. The van der Waals surface area contributed by atoms with Gasteiger partial charge in [-0.15, -0.1) is 0 Å². The van der Waals surface area contributed by atoms with Crippen LogP contribution in [-0.4, -0.2) is 28.6 Å². The number of hydrogen-bond donors (Lipinski definition) is 2. The quantitative estimate of drug-likeness (QED) is 0.638. The van der Waals surface area contributed by atoms with E-state index in [0.29, 0.717) is 18.0 Å². The van der Waals surface area contributed by atoms with Crippen LogP contribution in [0.1, 0.15) is 44.9 Å². The molecule has 0 atom stereocenters. The van der Waals surface area contributed by atoms with Gasteiger partial charge in [-0.05, 0) is 50.1 Å². The molecule has 0 saturated carbocycles. The average Bonchev–Trinajstić information content (AvgIpc) is 3.35. The van der Waals surface area contributed by atoms with Gasteiger partial charge in [0.05, 0.1) is 5.69 Å². The van der Waals surface area contributed by atoms with Crippen LogP contribution in [0.25, 0.3) is 0 Å². The van der Waals surface area contributed by atoms with E-state index in [-0.39, 0.29) is 24.0 Å². The summed E-state index contributed by atoms with van der Waals surface area (Å²) in [5, 5.41) is 9.36. The van der Waals surface area contributed by atoms with E-state index in [0.717, 1.165) is 16.9 Å². The number of anilines is 1. The summed E-state index contributed by atoms with van der Waals surface area (Å²) < 4.78 is 13.0. The van der Waals surface area contributed by atoms with Crippen molar-refractivity contribution in [3.05, 3.63) is 64.9 Å². The van der Waals surface area contributed by atoms with Crippen molar-refractivity contribution in [3.63, 3.8) is 0 Å². The van der Waals surface area contributed by atoms with Gasteiger partial charge in [0.15, 0.2) is 11.5 Å². The third-order valence-corrected chi connectivity index (χ3v) is 4.38. The number of benzene rings is 1. The Morgan fingerprint density at radius 3 is 2.69 bits per heavy atom. The second kappa shape index (κ2) is 8.64. The van der Waals surface area contributed by atoms with Crippen molar-refractivity contribution in [3.8, 4) is 5.75 Å². The Hall–Kier alpha value is -3.55. The Morgan fingerprint density at radius 2 is 1.97 bits per heavy atom. The molecule has 0 aliphatic heterocycles. The van der Waals surface area contributed by atoms with E-state index in [1.165, 1.54) is 7.05 Å². The van der Waals surface area contributed by atoms with Crippen molar-refractivity contribution >= 4 is 17.5 Å². The first-order valence-electron chi connectivity index (χ1n) is 9.31. The molecule has 2 amide bonds. The van der Waals surface area contributed by atoms with Crippen LogP contribution in [0.15, 0.2) is 40.9 Å². The number of hydrogen-bond acceptors (Lipinski definition) is 5. The molecule has 0 saturated heterocycles. The molecule has 2 N–H and O–H groups in total. The Bertz CT molecular complexity index is 1040. The maximum atomic E-state index is 12.5. The number of rotatable bonds is 7. The van der Waals surface area contributed by atoms with Crippen molar-refractivity contribution < 1.29 is 18.7 Å². The number of nitrogens with zero attached hydrogens (tertiary/aromatic N) is 2. The molecule has 0 aliphatic carbocycles. The molecule has 2 aromatic heterocycles. The Labute approximate surface area is 168 Å². The van der Waals surface area contributed by atoms with Gasteiger partial charge in [0, 0.05) is 19.8 Å². The standard InChI is InChI=1S/C21H24N4O4/c1-5-25-11-16(19(24-25)21(27)22-4)23-20(26)17-9-8-15(29-17)12-28-18-10-13(2)6-7-14(18)3/h6-11H,5,12H2,1-4H3,(H,22,27)(H,23,26). The van der Waals surface area contributed by atoms with Gasteiger partial charge in [-0.3, -0.25) is 14.3 Å². The molecular weight excluding hydrogens is 372 g/mol. The molecular formula is C21H24N4O4. The topological polar surface area (TPSA) is 98.4 Å². The van der Waals surface area contributed by atoms with E-state index in [1.54, 1.807) is 23.0 Å². The summed E-state index contributed by atoms with van der Waals surface area (Å²) in [6.07, 6.45) is 1.61. The summed E-state index contributed by atoms with van der Waals surface area (Å²) in [6, 6.07) is 9.23. The molecule has 8 heteroatoms. The van der Waals surface area contributed by atoms with Crippen LogP contribution in [-0.2, 0) is 13.2 Å².